The molecular weight excluding hydrogens is 326 g/mol. The highest BCUT2D eigenvalue weighted by atomic mass is 16.5. The number of rotatable bonds is 3. The summed E-state index contributed by atoms with van der Waals surface area (Å²) in [6.07, 6.45) is 3.03. The lowest BCUT2D eigenvalue weighted by molar-refractivity contribution is -0.155. The van der Waals surface area contributed by atoms with Crippen molar-refractivity contribution in [2.45, 2.75) is 43.2 Å². The molecule has 3 atom stereocenters. The van der Waals surface area contributed by atoms with Crippen LogP contribution in [-0.2, 0) is 9.53 Å². The number of methoxy groups -OCH3 is 1. The Morgan fingerprint density at radius 1 is 1.04 bits per heavy atom. The number of carbonyl (C=O) groups is 2. The number of hydrogen-bond donors (Lipinski definition) is 0. The molecule has 1 unspecified atom stereocenters. The molecule has 2 aromatic rings. The maximum absolute atomic E-state index is 13.2. The van der Waals surface area contributed by atoms with Crippen LogP contribution in [0.5, 0.6) is 0 Å². The Labute approximate surface area is 153 Å². The van der Waals surface area contributed by atoms with E-state index in [4.69, 9.17) is 4.74 Å². The van der Waals surface area contributed by atoms with E-state index < -0.39 is 5.54 Å². The van der Waals surface area contributed by atoms with Gasteiger partial charge in [0.15, 0.2) is 0 Å². The Balaban J connectivity index is 1.72. The van der Waals surface area contributed by atoms with Crippen molar-refractivity contribution in [3.8, 4) is 0 Å². The highest BCUT2D eigenvalue weighted by molar-refractivity contribution is 5.99. The average molecular weight is 349 g/mol. The first-order valence-corrected chi connectivity index (χ1v) is 9.18. The van der Waals surface area contributed by atoms with Gasteiger partial charge in [-0.15, -0.1) is 0 Å². The zero-order valence-electron chi connectivity index (χ0n) is 14.9. The second-order valence-corrected chi connectivity index (χ2v) is 7.30. The van der Waals surface area contributed by atoms with Gasteiger partial charge in [-0.05, 0) is 49.3 Å². The molecule has 4 nitrogen and oxygen atoms in total. The monoisotopic (exact) mass is 349 g/mol. The molecule has 26 heavy (non-hydrogen) atoms. The second kappa shape index (κ2) is 6.60. The van der Waals surface area contributed by atoms with Crippen LogP contribution in [0.15, 0.2) is 60.7 Å². The molecular formula is C22H23NO3. The fourth-order valence-corrected chi connectivity index (χ4v) is 4.78. The molecule has 1 amide bonds. The highest BCUT2D eigenvalue weighted by Gasteiger charge is 2.59. The first-order valence-electron chi connectivity index (χ1n) is 9.18. The number of benzene rings is 2. The molecule has 0 aliphatic carbocycles. The van der Waals surface area contributed by atoms with Crippen LogP contribution < -0.4 is 0 Å². The molecule has 0 radical (unpaired) electrons. The molecule has 134 valence electrons. The molecule has 2 heterocycles. The van der Waals surface area contributed by atoms with Crippen LogP contribution in [0.4, 0.5) is 0 Å². The van der Waals surface area contributed by atoms with Gasteiger partial charge in [0.2, 0.25) is 0 Å². The molecule has 4 heteroatoms. The van der Waals surface area contributed by atoms with Gasteiger partial charge < -0.3 is 9.64 Å². The molecule has 0 saturated carbocycles. The van der Waals surface area contributed by atoms with Gasteiger partial charge in [0.05, 0.1) is 7.11 Å². The Bertz CT molecular complexity index is 805. The number of fused-ring (bicyclic) bond motifs is 2. The normalized spacial score (nSPS) is 27.2. The predicted octanol–water partition coefficient (Wildman–Crippen LogP) is 3.78. The number of amides is 1. The summed E-state index contributed by atoms with van der Waals surface area (Å²) in [6.45, 7) is 0. The Morgan fingerprint density at radius 3 is 2.35 bits per heavy atom. The van der Waals surface area contributed by atoms with Crippen LogP contribution in [0, 0.1) is 0 Å². The minimum atomic E-state index is -0.856. The SMILES string of the molecule is COC(=O)[C@@]12CC[C@@H](CC(c3ccccc3)C1)N2C(=O)c1ccccc1. The molecule has 2 aliphatic heterocycles. The van der Waals surface area contributed by atoms with Crippen LogP contribution >= 0.6 is 0 Å². The van der Waals surface area contributed by atoms with Crippen molar-refractivity contribution in [2.24, 2.45) is 0 Å². The lowest BCUT2D eigenvalue weighted by atomic mass is 9.77. The van der Waals surface area contributed by atoms with E-state index in [-0.39, 0.29) is 23.8 Å². The van der Waals surface area contributed by atoms with Gasteiger partial charge in [0, 0.05) is 11.6 Å². The molecule has 2 fully saturated rings. The van der Waals surface area contributed by atoms with E-state index in [0.717, 1.165) is 12.8 Å². The van der Waals surface area contributed by atoms with Crippen LogP contribution in [0.25, 0.3) is 0 Å². The topological polar surface area (TPSA) is 46.6 Å². The summed E-state index contributed by atoms with van der Waals surface area (Å²) >= 11 is 0. The Kier molecular flexibility index (Phi) is 4.27. The number of esters is 1. The lowest BCUT2D eigenvalue weighted by Gasteiger charge is -2.46. The smallest absolute Gasteiger partial charge is 0.331 e. The van der Waals surface area contributed by atoms with Crippen molar-refractivity contribution in [1.82, 2.24) is 4.90 Å². The largest absolute Gasteiger partial charge is 0.467 e. The summed E-state index contributed by atoms with van der Waals surface area (Å²) in [5.74, 6) is -0.0856. The van der Waals surface area contributed by atoms with E-state index in [1.807, 2.05) is 53.4 Å². The van der Waals surface area contributed by atoms with Gasteiger partial charge in [-0.1, -0.05) is 48.5 Å². The number of ether oxygens (including phenoxy) is 1. The average Bonchev–Trinajstić information content (AvgIpc) is 2.95. The van der Waals surface area contributed by atoms with Gasteiger partial charge in [0.25, 0.3) is 5.91 Å². The van der Waals surface area contributed by atoms with Crippen LogP contribution in [-0.4, -0.2) is 35.5 Å². The number of hydrogen-bond acceptors (Lipinski definition) is 3. The van der Waals surface area contributed by atoms with Crippen molar-refractivity contribution in [1.29, 1.82) is 0 Å². The van der Waals surface area contributed by atoms with E-state index in [1.165, 1.54) is 12.7 Å². The van der Waals surface area contributed by atoms with Gasteiger partial charge in [0.1, 0.15) is 5.54 Å². The maximum atomic E-state index is 13.2. The zero-order chi connectivity index (χ0) is 18.1. The molecule has 2 saturated heterocycles. The van der Waals surface area contributed by atoms with E-state index in [9.17, 15) is 9.59 Å². The fraction of sp³-hybridized carbons (Fsp3) is 0.364. The third-order valence-electron chi connectivity index (χ3n) is 5.93. The van der Waals surface area contributed by atoms with Gasteiger partial charge in [-0.25, -0.2) is 4.79 Å². The summed E-state index contributed by atoms with van der Waals surface area (Å²) in [5, 5.41) is 0. The molecule has 0 spiro atoms. The third kappa shape index (κ3) is 2.61. The molecule has 0 aromatic heterocycles. The lowest BCUT2D eigenvalue weighted by Crippen LogP contribution is -2.59. The van der Waals surface area contributed by atoms with Crippen LogP contribution in [0.1, 0.15) is 47.5 Å². The maximum Gasteiger partial charge on any atom is 0.331 e. The summed E-state index contributed by atoms with van der Waals surface area (Å²) in [7, 11) is 1.42. The number of nitrogens with zero attached hydrogens (tertiary/aromatic N) is 1. The minimum Gasteiger partial charge on any atom is -0.467 e. The molecule has 2 aliphatic rings. The third-order valence-corrected chi connectivity index (χ3v) is 5.93. The summed E-state index contributed by atoms with van der Waals surface area (Å²) < 4.78 is 5.18. The van der Waals surface area contributed by atoms with Crippen molar-refractivity contribution in [3.05, 3.63) is 71.8 Å². The van der Waals surface area contributed by atoms with Gasteiger partial charge >= 0.3 is 5.97 Å². The Morgan fingerprint density at radius 2 is 1.69 bits per heavy atom. The summed E-state index contributed by atoms with van der Waals surface area (Å²) in [5.41, 5.74) is 1.01. The first-order chi connectivity index (χ1) is 12.7. The predicted molar refractivity (Wildman–Crippen MR) is 98.8 cm³/mol. The van der Waals surface area contributed by atoms with Crippen molar-refractivity contribution < 1.29 is 14.3 Å². The van der Waals surface area contributed by atoms with E-state index in [1.54, 1.807) is 0 Å². The first kappa shape index (κ1) is 16.8. The fourth-order valence-electron chi connectivity index (χ4n) is 4.78. The van der Waals surface area contributed by atoms with Crippen LogP contribution in [0.3, 0.4) is 0 Å². The number of carbonyl (C=O) groups excluding carboxylic acids is 2. The van der Waals surface area contributed by atoms with E-state index in [0.29, 0.717) is 18.4 Å². The standard InChI is InChI=1S/C22H23NO3/c1-26-21(25)22-13-12-19(14-18(15-22)16-8-4-2-5-9-16)23(22)20(24)17-10-6-3-7-11-17/h2-11,18-19H,12-15H2,1H3/t18?,19-,22+/m0/s1. The minimum absolute atomic E-state index is 0.0648. The molecule has 2 aromatic carbocycles. The number of piperidine rings is 1. The quantitative estimate of drug-likeness (QED) is 0.792. The highest BCUT2D eigenvalue weighted by Crippen LogP contribution is 2.50. The van der Waals surface area contributed by atoms with E-state index in [2.05, 4.69) is 12.1 Å². The summed E-state index contributed by atoms with van der Waals surface area (Å²) in [4.78, 5) is 27.9. The molecule has 2 bridgehead atoms. The zero-order valence-corrected chi connectivity index (χ0v) is 14.9. The summed E-state index contributed by atoms with van der Waals surface area (Å²) in [6, 6.07) is 19.6. The molecule has 4 rings (SSSR count). The molecule has 0 N–H and O–H groups in total. The van der Waals surface area contributed by atoms with Crippen LogP contribution in [0.2, 0.25) is 0 Å². The van der Waals surface area contributed by atoms with Crippen molar-refractivity contribution >= 4 is 11.9 Å². The van der Waals surface area contributed by atoms with Crippen molar-refractivity contribution in [3.63, 3.8) is 0 Å². The Hall–Kier alpha value is -2.62. The van der Waals surface area contributed by atoms with Gasteiger partial charge in [-0.2, -0.15) is 0 Å². The van der Waals surface area contributed by atoms with Crippen molar-refractivity contribution in [2.75, 3.05) is 7.11 Å². The van der Waals surface area contributed by atoms with Gasteiger partial charge in [-0.3, -0.25) is 4.79 Å². The second-order valence-electron chi connectivity index (χ2n) is 7.30. The van der Waals surface area contributed by atoms with E-state index >= 15 is 0 Å².